The largest absolute Gasteiger partial charge is 0.496 e. The van der Waals surface area contributed by atoms with Gasteiger partial charge in [0, 0.05) is 45.8 Å². The quantitative estimate of drug-likeness (QED) is 0.697. The number of methoxy groups -OCH3 is 1. The van der Waals surface area contributed by atoms with Crippen LogP contribution < -0.4 is 4.74 Å². The number of fused-ring (bicyclic) bond motifs is 3. The monoisotopic (exact) mass is 339 g/mol. The molecule has 0 saturated carbocycles. The van der Waals surface area contributed by atoms with Gasteiger partial charge in [0.25, 0.3) is 0 Å². The van der Waals surface area contributed by atoms with Crippen LogP contribution in [0.1, 0.15) is 24.1 Å². The number of hydrogen-bond acceptors (Lipinski definition) is 4. The molecule has 1 saturated heterocycles. The minimum atomic E-state index is 0.569. The molecule has 1 aliphatic heterocycles. The number of likely N-dealkylation sites (tertiary alicyclic amines) is 1. The van der Waals surface area contributed by atoms with Gasteiger partial charge in [-0.1, -0.05) is 0 Å². The molecule has 4 rings (SSSR count). The minimum Gasteiger partial charge on any atom is -0.496 e. The fourth-order valence-electron chi connectivity index (χ4n) is 3.78. The number of aryl methyl sites for hydroxylation is 1. The lowest BCUT2D eigenvalue weighted by atomic mass is 10.1. The van der Waals surface area contributed by atoms with Crippen LogP contribution in [0.15, 0.2) is 24.4 Å². The Kier molecular flexibility index (Phi) is 4.59. The Balaban J connectivity index is 1.55. The average Bonchev–Trinajstić information content (AvgIpc) is 3.25. The summed E-state index contributed by atoms with van der Waals surface area (Å²) in [4.78, 5) is 10.4. The Morgan fingerprint density at radius 2 is 2.04 bits per heavy atom. The zero-order valence-electron chi connectivity index (χ0n) is 15.0. The number of ether oxygens (including phenoxy) is 2. The van der Waals surface area contributed by atoms with E-state index in [2.05, 4.69) is 27.0 Å². The molecule has 25 heavy (non-hydrogen) atoms. The second kappa shape index (κ2) is 7.02. The minimum absolute atomic E-state index is 0.569. The van der Waals surface area contributed by atoms with E-state index in [-0.39, 0.29) is 0 Å². The second-order valence-corrected chi connectivity index (χ2v) is 6.75. The van der Waals surface area contributed by atoms with Gasteiger partial charge in [0.05, 0.1) is 20.3 Å². The van der Waals surface area contributed by atoms with Gasteiger partial charge in [0.2, 0.25) is 0 Å². The van der Waals surface area contributed by atoms with Gasteiger partial charge in [-0.25, -0.2) is 0 Å². The molecule has 132 valence electrons. The van der Waals surface area contributed by atoms with Gasteiger partial charge < -0.3 is 19.4 Å². The molecule has 2 aromatic heterocycles. The average molecular weight is 339 g/mol. The van der Waals surface area contributed by atoms with E-state index < -0.39 is 0 Å². The third-order valence-electron chi connectivity index (χ3n) is 5.11. The highest BCUT2D eigenvalue weighted by atomic mass is 16.5. The molecule has 1 fully saturated rings. The van der Waals surface area contributed by atoms with Gasteiger partial charge in [0.1, 0.15) is 5.75 Å². The van der Waals surface area contributed by atoms with Crippen molar-refractivity contribution in [2.75, 3.05) is 33.4 Å². The van der Waals surface area contributed by atoms with Crippen molar-refractivity contribution < 1.29 is 9.47 Å². The summed E-state index contributed by atoms with van der Waals surface area (Å²) in [6.45, 7) is 6.80. The van der Waals surface area contributed by atoms with Crippen LogP contribution in [0, 0.1) is 6.92 Å². The predicted molar refractivity (Wildman–Crippen MR) is 100 cm³/mol. The molecular formula is C20H25N3O2. The molecule has 5 nitrogen and oxygen atoms in total. The number of H-pyrrole nitrogens is 1. The number of hydrogen-bond donors (Lipinski definition) is 1. The third kappa shape index (κ3) is 3.22. The number of pyridine rings is 1. The maximum atomic E-state index is 5.92. The number of rotatable bonds is 6. The van der Waals surface area contributed by atoms with Crippen molar-refractivity contribution in [3.05, 3.63) is 35.7 Å². The first-order chi connectivity index (χ1) is 12.3. The van der Waals surface area contributed by atoms with Crippen molar-refractivity contribution >= 4 is 21.8 Å². The topological polar surface area (TPSA) is 50.4 Å². The van der Waals surface area contributed by atoms with Crippen LogP contribution in [0.5, 0.6) is 5.75 Å². The lowest BCUT2D eigenvalue weighted by Crippen LogP contribution is -2.23. The van der Waals surface area contributed by atoms with Crippen LogP contribution in [0.3, 0.4) is 0 Å². The first-order valence-electron chi connectivity index (χ1n) is 9.00. The van der Waals surface area contributed by atoms with E-state index in [9.17, 15) is 0 Å². The molecular weight excluding hydrogens is 314 g/mol. The summed E-state index contributed by atoms with van der Waals surface area (Å²) in [6.07, 6.45) is 4.48. The summed E-state index contributed by atoms with van der Waals surface area (Å²) >= 11 is 0. The van der Waals surface area contributed by atoms with E-state index in [0.717, 1.165) is 52.0 Å². The van der Waals surface area contributed by atoms with Gasteiger partial charge >= 0.3 is 0 Å². The molecule has 0 amide bonds. The molecule has 0 spiro atoms. The van der Waals surface area contributed by atoms with Crippen LogP contribution in [0.4, 0.5) is 0 Å². The molecule has 0 aliphatic carbocycles. The normalized spacial score (nSPS) is 15.4. The van der Waals surface area contributed by atoms with Gasteiger partial charge in [-0.3, -0.25) is 4.98 Å². The van der Waals surface area contributed by atoms with E-state index >= 15 is 0 Å². The van der Waals surface area contributed by atoms with Crippen molar-refractivity contribution in [1.29, 1.82) is 0 Å². The molecule has 1 N–H and O–H groups in total. The first kappa shape index (κ1) is 16.4. The van der Waals surface area contributed by atoms with Crippen molar-refractivity contribution in [1.82, 2.24) is 14.9 Å². The van der Waals surface area contributed by atoms with E-state index in [1.54, 1.807) is 7.11 Å². The van der Waals surface area contributed by atoms with Gasteiger partial charge in [0.15, 0.2) is 0 Å². The van der Waals surface area contributed by atoms with Crippen molar-refractivity contribution in [3.63, 3.8) is 0 Å². The highest BCUT2D eigenvalue weighted by Crippen LogP contribution is 2.32. The standard InChI is InChI=1S/C20H25N3O2/c1-14-20-16-12-19(24-2)15(11-18(16)22-17(20)5-6-21-14)13-25-10-9-23-7-3-4-8-23/h5-6,11-12,22H,3-4,7-10,13H2,1-2H3. The SMILES string of the molecule is COc1cc2c(cc1COCCN1CCCC1)[nH]c1ccnc(C)c12. The predicted octanol–water partition coefficient (Wildman–Crippen LogP) is 3.65. The van der Waals surface area contributed by atoms with Gasteiger partial charge in [-0.05, 0) is 51.1 Å². The van der Waals surface area contributed by atoms with E-state index in [0.29, 0.717) is 6.61 Å². The molecule has 1 aromatic carbocycles. The van der Waals surface area contributed by atoms with Crippen molar-refractivity contribution in [2.24, 2.45) is 0 Å². The number of nitrogens with zero attached hydrogens (tertiary/aromatic N) is 2. The maximum absolute atomic E-state index is 5.92. The zero-order chi connectivity index (χ0) is 17.2. The van der Waals surface area contributed by atoms with Crippen LogP contribution >= 0.6 is 0 Å². The highest BCUT2D eigenvalue weighted by molar-refractivity contribution is 6.09. The molecule has 3 aromatic rings. The summed E-state index contributed by atoms with van der Waals surface area (Å²) in [5.41, 5.74) is 4.32. The van der Waals surface area contributed by atoms with Gasteiger partial charge in [-0.2, -0.15) is 0 Å². The van der Waals surface area contributed by atoms with Crippen LogP contribution in [0.25, 0.3) is 21.8 Å². The lowest BCUT2D eigenvalue weighted by Gasteiger charge is -2.15. The summed E-state index contributed by atoms with van der Waals surface area (Å²) < 4.78 is 11.5. The molecule has 3 heterocycles. The number of aromatic nitrogens is 2. The number of aromatic amines is 1. The second-order valence-electron chi connectivity index (χ2n) is 6.75. The van der Waals surface area contributed by atoms with E-state index in [1.807, 2.05) is 19.2 Å². The Morgan fingerprint density at radius 3 is 2.84 bits per heavy atom. The van der Waals surface area contributed by atoms with Crippen LogP contribution in [-0.4, -0.2) is 48.2 Å². The fourth-order valence-corrected chi connectivity index (χ4v) is 3.78. The zero-order valence-corrected chi connectivity index (χ0v) is 15.0. The molecule has 0 bridgehead atoms. The molecule has 0 radical (unpaired) electrons. The van der Waals surface area contributed by atoms with Crippen molar-refractivity contribution in [2.45, 2.75) is 26.4 Å². The fraction of sp³-hybridized carbons (Fsp3) is 0.450. The third-order valence-corrected chi connectivity index (χ3v) is 5.11. The first-order valence-corrected chi connectivity index (χ1v) is 9.00. The molecule has 5 heteroatoms. The van der Waals surface area contributed by atoms with Crippen LogP contribution in [-0.2, 0) is 11.3 Å². The van der Waals surface area contributed by atoms with Crippen LogP contribution in [0.2, 0.25) is 0 Å². The summed E-state index contributed by atoms with van der Waals surface area (Å²) in [5, 5.41) is 2.32. The Morgan fingerprint density at radius 1 is 1.20 bits per heavy atom. The summed E-state index contributed by atoms with van der Waals surface area (Å²) in [5.74, 6) is 0.873. The number of nitrogens with one attached hydrogen (secondary N) is 1. The molecule has 0 atom stereocenters. The smallest absolute Gasteiger partial charge is 0.125 e. The summed E-state index contributed by atoms with van der Waals surface area (Å²) in [7, 11) is 1.72. The van der Waals surface area contributed by atoms with E-state index in [4.69, 9.17) is 9.47 Å². The Hall–Kier alpha value is -2.11. The highest BCUT2D eigenvalue weighted by Gasteiger charge is 2.13. The Labute approximate surface area is 147 Å². The van der Waals surface area contributed by atoms with Crippen molar-refractivity contribution in [3.8, 4) is 5.75 Å². The Bertz CT molecular complexity index is 881. The lowest BCUT2D eigenvalue weighted by molar-refractivity contribution is 0.0979. The molecule has 0 unspecified atom stereocenters. The van der Waals surface area contributed by atoms with Gasteiger partial charge in [-0.15, -0.1) is 0 Å². The van der Waals surface area contributed by atoms with E-state index in [1.165, 1.54) is 25.9 Å². The molecule has 1 aliphatic rings. The summed E-state index contributed by atoms with van der Waals surface area (Å²) in [6, 6.07) is 6.26. The number of benzene rings is 1. The maximum Gasteiger partial charge on any atom is 0.125 e.